The first-order valence-corrected chi connectivity index (χ1v) is 9.79. The monoisotopic (exact) mass is 427 g/mol. The van der Waals surface area contributed by atoms with Crippen LogP contribution in [0.3, 0.4) is 0 Å². The lowest BCUT2D eigenvalue weighted by Gasteiger charge is -2.16. The first-order chi connectivity index (χ1) is 13.9. The second-order valence-corrected chi connectivity index (χ2v) is 8.69. The Morgan fingerprint density at radius 3 is 2.63 bits per heavy atom. The highest BCUT2D eigenvalue weighted by Gasteiger charge is 2.36. The number of ether oxygens (including phenoxy) is 1. The molecular weight excluding hydrogens is 402 g/mol. The highest BCUT2D eigenvalue weighted by molar-refractivity contribution is 6.04. The van der Waals surface area contributed by atoms with Gasteiger partial charge < -0.3 is 10.1 Å². The van der Waals surface area contributed by atoms with Crippen molar-refractivity contribution in [3.05, 3.63) is 46.9 Å². The van der Waals surface area contributed by atoms with Crippen LogP contribution < -0.4 is 5.32 Å². The lowest BCUT2D eigenvalue weighted by atomic mass is 9.91. The molecular formula is C21H25F4N3O2. The molecule has 0 bridgehead atoms. The normalized spacial score (nSPS) is 17.4. The predicted octanol–water partition coefficient (Wildman–Crippen LogP) is 5.06. The van der Waals surface area contributed by atoms with E-state index in [0.29, 0.717) is 31.5 Å². The molecule has 164 valence electrons. The number of halogens is 4. The number of carbonyl (C=O) groups excluding carboxylic acids is 1. The van der Waals surface area contributed by atoms with Gasteiger partial charge in [-0.05, 0) is 36.8 Å². The molecule has 0 radical (unpaired) electrons. The van der Waals surface area contributed by atoms with Crippen molar-refractivity contribution in [1.29, 1.82) is 0 Å². The topological polar surface area (TPSA) is 56.2 Å². The summed E-state index contributed by atoms with van der Waals surface area (Å²) < 4.78 is 60.5. The summed E-state index contributed by atoms with van der Waals surface area (Å²) in [6.45, 7) is 7.18. The second-order valence-electron chi connectivity index (χ2n) is 8.69. The molecule has 0 unspecified atom stereocenters. The molecule has 1 saturated heterocycles. The number of nitrogens with one attached hydrogen (secondary N) is 1. The molecule has 0 spiro atoms. The van der Waals surface area contributed by atoms with Gasteiger partial charge in [0.05, 0.1) is 29.5 Å². The van der Waals surface area contributed by atoms with Crippen LogP contribution in [0, 0.1) is 11.2 Å². The molecule has 1 atom stereocenters. The maximum absolute atomic E-state index is 14.4. The van der Waals surface area contributed by atoms with Crippen molar-refractivity contribution in [2.75, 3.05) is 11.9 Å². The summed E-state index contributed by atoms with van der Waals surface area (Å²) >= 11 is 0. The van der Waals surface area contributed by atoms with E-state index in [2.05, 4.69) is 10.4 Å². The standard InChI is InChI=1S/C21H25F4N3O2/c1-20(2,3)11-13-10-17(28(27-13)12-14-6-5-9-30-14)26-19(29)15-7-4-8-16(18(15)22)21(23,24)25/h4,7-8,10,14H,5-6,9,11-12H2,1-3H3,(H,26,29)/t14-/m1/s1. The van der Waals surface area contributed by atoms with Crippen molar-refractivity contribution in [3.8, 4) is 0 Å². The lowest BCUT2D eigenvalue weighted by molar-refractivity contribution is -0.140. The summed E-state index contributed by atoms with van der Waals surface area (Å²) in [5.41, 5.74) is -1.49. The van der Waals surface area contributed by atoms with E-state index >= 15 is 0 Å². The number of carbonyl (C=O) groups is 1. The zero-order valence-electron chi connectivity index (χ0n) is 17.1. The van der Waals surface area contributed by atoms with Gasteiger partial charge in [0, 0.05) is 12.7 Å². The smallest absolute Gasteiger partial charge is 0.376 e. The zero-order valence-corrected chi connectivity index (χ0v) is 17.1. The minimum Gasteiger partial charge on any atom is -0.376 e. The van der Waals surface area contributed by atoms with E-state index in [1.165, 1.54) is 0 Å². The number of anilines is 1. The van der Waals surface area contributed by atoms with E-state index in [-0.39, 0.29) is 11.5 Å². The van der Waals surface area contributed by atoms with Gasteiger partial charge in [-0.25, -0.2) is 9.07 Å². The highest BCUT2D eigenvalue weighted by Crippen LogP contribution is 2.32. The summed E-state index contributed by atoms with van der Waals surface area (Å²) in [4.78, 5) is 12.6. The Kier molecular flexibility index (Phi) is 6.21. The van der Waals surface area contributed by atoms with Crippen molar-refractivity contribution in [3.63, 3.8) is 0 Å². The van der Waals surface area contributed by atoms with Crippen LogP contribution >= 0.6 is 0 Å². The second kappa shape index (κ2) is 8.37. The van der Waals surface area contributed by atoms with Crippen molar-refractivity contribution in [2.45, 2.75) is 58.9 Å². The number of amides is 1. The van der Waals surface area contributed by atoms with E-state index in [9.17, 15) is 22.4 Å². The molecule has 0 saturated carbocycles. The fourth-order valence-corrected chi connectivity index (χ4v) is 3.43. The first kappa shape index (κ1) is 22.3. The van der Waals surface area contributed by atoms with Gasteiger partial charge in [-0.15, -0.1) is 0 Å². The quantitative estimate of drug-likeness (QED) is 0.679. The Bertz CT molecular complexity index is 910. The van der Waals surface area contributed by atoms with E-state index in [4.69, 9.17) is 4.74 Å². The molecule has 3 rings (SSSR count). The molecule has 0 aliphatic carbocycles. The Balaban J connectivity index is 1.88. The van der Waals surface area contributed by atoms with Crippen LogP contribution in [-0.2, 0) is 23.9 Å². The third kappa shape index (κ3) is 5.38. The lowest BCUT2D eigenvalue weighted by Crippen LogP contribution is -2.22. The van der Waals surface area contributed by atoms with Crippen molar-refractivity contribution < 1.29 is 27.1 Å². The van der Waals surface area contributed by atoms with E-state index in [1.54, 1.807) is 10.7 Å². The third-order valence-electron chi connectivity index (χ3n) is 4.73. The number of nitrogens with zero attached hydrogens (tertiary/aromatic N) is 2. The van der Waals surface area contributed by atoms with Crippen LogP contribution in [0.5, 0.6) is 0 Å². The molecule has 1 N–H and O–H groups in total. The number of alkyl halides is 3. The Labute approximate surface area is 172 Å². The largest absolute Gasteiger partial charge is 0.419 e. The molecule has 1 aliphatic rings. The van der Waals surface area contributed by atoms with Crippen molar-refractivity contribution in [2.24, 2.45) is 5.41 Å². The molecule has 1 aliphatic heterocycles. The minimum atomic E-state index is -4.89. The van der Waals surface area contributed by atoms with Gasteiger partial charge in [-0.2, -0.15) is 18.3 Å². The highest BCUT2D eigenvalue weighted by atomic mass is 19.4. The SMILES string of the molecule is CC(C)(C)Cc1cc(NC(=O)c2cccc(C(F)(F)F)c2F)n(C[C@H]2CCCO2)n1. The first-order valence-electron chi connectivity index (χ1n) is 9.79. The minimum absolute atomic E-state index is 0.0581. The third-order valence-corrected chi connectivity index (χ3v) is 4.73. The van der Waals surface area contributed by atoms with E-state index < -0.39 is 29.0 Å². The molecule has 5 nitrogen and oxygen atoms in total. The van der Waals surface area contributed by atoms with Gasteiger partial charge in [0.1, 0.15) is 11.6 Å². The van der Waals surface area contributed by atoms with Gasteiger partial charge >= 0.3 is 6.18 Å². The fraction of sp³-hybridized carbons (Fsp3) is 0.524. The van der Waals surface area contributed by atoms with Gasteiger partial charge in [-0.1, -0.05) is 26.8 Å². The summed E-state index contributed by atoms with van der Waals surface area (Å²) in [5, 5.41) is 7.06. The Morgan fingerprint density at radius 1 is 1.30 bits per heavy atom. The number of benzene rings is 1. The van der Waals surface area contributed by atoms with Gasteiger partial charge in [0.2, 0.25) is 0 Å². The molecule has 2 aromatic rings. The van der Waals surface area contributed by atoms with Crippen LogP contribution in [0.2, 0.25) is 0 Å². The summed E-state index contributed by atoms with van der Waals surface area (Å²) in [6.07, 6.45) is -2.54. The maximum Gasteiger partial charge on any atom is 0.419 e. The maximum atomic E-state index is 14.4. The van der Waals surface area contributed by atoms with E-state index in [1.807, 2.05) is 20.8 Å². The van der Waals surface area contributed by atoms with Gasteiger partial charge in [0.25, 0.3) is 5.91 Å². The molecule has 9 heteroatoms. The van der Waals surface area contributed by atoms with E-state index in [0.717, 1.165) is 30.7 Å². The van der Waals surface area contributed by atoms with Crippen molar-refractivity contribution in [1.82, 2.24) is 9.78 Å². The van der Waals surface area contributed by atoms with Crippen molar-refractivity contribution >= 4 is 11.7 Å². The van der Waals surface area contributed by atoms with Crippen LogP contribution in [0.25, 0.3) is 0 Å². The summed E-state index contributed by atoms with van der Waals surface area (Å²) in [7, 11) is 0. The molecule has 1 aromatic heterocycles. The van der Waals surface area contributed by atoms with Crippen LogP contribution in [-0.4, -0.2) is 28.4 Å². The number of hydrogen-bond donors (Lipinski definition) is 1. The summed E-state index contributed by atoms with van der Waals surface area (Å²) in [5.74, 6) is -2.26. The van der Waals surface area contributed by atoms with Gasteiger partial charge in [-0.3, -0.25) is 4.79 Å². The molecule has 1 amide bonds. The molecule has 1 aromatic carbocycles. The predicted molar refractivity (Wildman–Crippen MR) is 104 cm³/mol. The number of aromatic nitrogens is 2. The Morgan fingerprint density at radius 2 is 2.03 bits per heavy atom. The number of rotatable bonds is 5. The molecule has 1 fully saturated rings. The van der Waals surface area contributed by atoms with Crippen LogP contribution in [0.4, 0.5) is 23.4 Å². The molecule has 30 heavy (non-hydrogen) atoms. The average molecular weight is 427 g/mol. The average Bonchev–Trinajstić information content (AvgIpc) is 3.23. The van der Waals surface area contributed by atoms with Gasteiger partial charge in [0.15, 0.2) is 0 Å². The summed E-state index contributed by atoms with van der Waals surface area (Å²) in [6, 6.07) is 4.31. The van der Waals surface area contributed by atoms with Crippen LogP contribution in [0.15, 0.2) is 24.3 Å². The molecule has 2 heterocycles. The van der Waals surface area contributed by atoms with Crippen LogP contribution in [0.1, 0.15) is 55.2 Å². The Hall–Kier alpha value is -2.42. The fourth-order valence-electron chi connectivity index (χ4n) is 3.43. The number of hydrogen-bond acceptors (Lipinski definition) is 3. The zero-order chi connectivity index (χ0) is 22.1.